The van der Waals surface area contributed by atoms with Gasteiger partial charge in [0.25, 0.3) is 0 Å². The van der Waals surface area contributed by atoms with E-state index < -0.39 is 0 Å². The third-order valence-corrected chi connectivity index (χ3v) is 9.26. The average Bonchev–Trinajstić information content (AvgIpc) is 3.21. The fourth-order valence-electron chi connectivity index (χ4n) is 6.82. The molecular formula is C47H31N3. The molecule has 2 aromatic heterocycles. The Kier molecular flexibility index (Phi) is 7.49. The maximum Gasteiger partial charge on any atom is 0.160 e. The van der Waals surface area contributed by atoms with Crippen LogP contribution in [-0.2, 0) is 0 Å². The Morgan fingerprint density at radius 3 is 1.56 bits per heavy atom. The number of pyridine rings is 1. The monoisotopic (exact) mass is 637 g/mol. The Morgan fingerprint density at radius 2 is 0.840 bits per heavy atom. The van der Waals surface area contributed by atoms with Crippen LogP contribution in [0.15, 0.2) is 188 Å². The molecule has 0 spiro atoms. The van der Waals surface area contributed by atoms with Gasteiger partial charge in [0.15, 0.2) is 5.82 Å². The molecule has 0 unspecified atom stereocenters. The van der Waals surface area contributed by atoms with Crippen LogP contribution in [0.1, 0.15) is 0 Å². The molecule has 0 fully saturated rings. The van der Waals surface area contributed by atoms with Gasteiger partial charge in [-0.25, -0.2) is 15.0 Å². The molecule has 9 rings (SSSR count). The average molecular weight is 638 g/mol. The Hall–Kier alpha value is -6.71. The first-order chi connectivity index (χ1) is 24.8. The SMILES string of the molecule is c1ccc(-c2cccc(-c3cc(-c4cc5ccccc5c5c(-c6ccccc6)cc(-c6ccccc6)nc45)nc(-c4ccccc4)n3)c2)cc1. The summed E-state index contributed by atoms with van der Waals surface area (Å²) in [5, 5.41) is 3.40. The number of rotatable bonds is 6. The summed E-state index contributed by atoms with van der Waals surface area (Å²) in [4.78, 5) is 15.9. The number of hydrogen-bond donors (Lipinski definition) is 0. The number of hydrogen-bond acceptors (Lipinski definition) is 3. The van der Waals surface area contributed by atoms with Crippen LogP contribution in [0.25, 0.3) is 89.1 Å². The fraction of sp³-hybridized carbons (Fsp3) is 0. The normalized spacial score (nSPS) is 11.2. The molecule has 0 amide bonds. The van der Waals surface area contributed by atoms with Crippen LogP contribution in [-0.4, -0.2) is 15.0 Å². The van der Waals surface area contributed by atoms with Crippen molar-refractivity contribution < 1.29 is 0 Å². The van der Waals surface area contributed by atoms with Crippen molar-refractivity contribution in [3.63, 3.8) is 0 Å². The highest BCUT2D eigenvalue weighted by Gasteiger charge is 2.19. The Bertz CT molecular complexity index is 2620. The molecule has 0 saturated heterocycles. The van der Waals surface area contributed by atoms with Gasteiger partial charge in [-0.05, 0) is 57.3 Å². The van der Waals surface area contributed by atoms with Gasteiger partial charge in [0.1, 0.15) is 0 Å². The largest absolute Gasteiger partial charge is 0.247 e. The lowest BCUT2D eigenvalue weighted by Gasteiger charge is -2.17. The summed E-state index contributed by atoms with van der Waals surface area (Å²) in [6.45, 7) is 0. The minimum absolute atomic E-state index is 0.673. The highest BCUT2D eigenvalue weighted by molar-refractivity contribution is 6.18. The first kappa shape index (κ1) is 29.4. The van der Waals surface area contributed by atoms with Crippen LogP contribution >= 0.6 is 0 Å². The van der Waals surface area contributed by atoms with E-state index >= 15 is 0 Å². The molecule has 0 aliphatic heterocycles. The number of fused-ring (bicyclic) bond motifs is 3. The maximum atomic E-state index is 5.46. The molecule has 9 aromatic rings. The molecule has 0 aliphatic carbocycles. The van der Waals surface area contributed by atoms with Crippen molar-refractivity contribution in [2.45, 2.75) is 0 Å². The first-order valence-corrected chi connectivity index (χ1v) is 16.9. The molecule has 0 saturated carbocycles. The van der Waals surface area contributed by atoms with Gasteiger partial charge in [0.05, 0.1) is 22.6 Å². The highest BCUT2D eigenvalue weighted by Crippen LogP contribution is 2.42. The summed E-state index contributed by atoms with van der Waals surface area (Å²) in [7, 11) is 0. The first-order valence-electron chi connectivity index (χ1n) is 16.9. The smallest absolute Gasteiger partial charge is 0.160 e. The van der Waals surface area contributed by atoms with Crippen molar-refractivity contribution in [3.05, 3.63) is 188 Å². The molecular weight excluding hydrogens is 607 g/mol. The molecule has 2 heterocycles. The van der Waals surface area contributed by atoms with Crippen LogP contribution < -0.4 is 0 Å². The van der Waals surface area contributed by atoms with Gasteiger partial charge in [-0.1, -0.05) is 164 Å². The molecule has 0 aliphatic rings. The van der Waals surface area contributed by atoms with Crippen LogP contribution in [0.2, 0.25) is 0 Å². The minimum Gasteiger partial charge on any atom is -0.247 e. The predicted molar refractivity (Wildman–Crippen MR) is 207 cm³/mol. The maximum absolute atomic E-state index is 5.46. The molecule has 0 radical (unpaired) electrons. The zero-order valence-corrected chi connectivity index (χ0v) is 27.2. The molecule has 0 atom stereocenters. The van der Waals surface area contributed by atoms with E-state index in [0.29, 0.717) is 5.82 Å². The van der Waals surface area contributed by atoms with E-state index in [1.165, 1.54) is 5.56 Å². The second kappa shape index (κ2) is 12.7. The van der Waals surface area contributed by atoms with E-state index in [-0.39, 0.29) is 0 Å². The van der Waals surface area contributed by atoms with Gasteiger partial charge in [-0.15, -0.1) is 0 Å². The molecule has 3 nitrogen and oxygen atoms in total. The number of aromatic nitrogens is 3. The highest BCUT2D eigenvalue weighted by atomic mass is 14.9. The quantitative estimate of drug-likeness (QED) is 0.170. The Balaban J connectivity index is 1.36. The predicted octanol–water partition coefficient (Wildman–Crippen LogP) is 12.2. The third kappa shape index (κ3) is 5.51. The van der Waals surface area contributed by atoms with E-state index in [0.717, 1.165) is 77.7 Å². The standard InChI is InChI=1S/C47H31N3/c1-5-16-32(17-6-1)36-25-15-26-38(28-36)43-31-44(50-47(49-43)35-22-11-4-12-23-35)41-29-37-24-13-14-27-39(37)45-40(33-18-7-2-8-19-33)30-42(48-46(41)45)34-20-9-3-10-21-34/h1-31H. The van der Waals surface area contributed by atoms with E-state index in [4.69, 9.17) is 15.0 Å². The van der Waals surface area contributed by atoms with Crippen LogP contribution in [0.4, 0.5) is 0 Å². The lowest BCUT2D eigenvalue weighted by Crippen LogP contribution is -1.99. The van der Waals surface area contributed by atoms with Gasteiger partial charge >= 0.3 is 0 Å². The molecule has 234 valence electrons. The number of benzene rings is 7. The van der Waals surface area contributed by atoms with Crippen molar-refractivity contribution in [2.24, 2.45) is 0 Å². The Morgan fingerprint density at radius 1 is 0.300 bits per heavy atom. The van der Waals surface area contributed by atoms with Crippen LogP contribution in [0, 0.1) is 0 Å². The summed E-state index contributed by atoms with van der Waals surface area (Å²) < 4.78 is 0. The second-order valence-electron chi connectivity index (χ2n) is 12.4. The number of nitrogens with zero attached hydrogens (tertiary/aromatic N) is 3. The van der Waals surface area contributed by atoms with Gasteiger partial charge in [-0.3, -0.25) is 0 Å². The van der Waals surface area contributed by atoms with Crippen molar-refractivity contribution in [2.75, 3.05) is 0 Å². The van der Waals surface area contributed by atoms with E-state index in [9.17, 15) is 0 Å². The van der Waals surface area contributed by atoms with Crippen molar-refractivity contribution in [1.82, 2.24) is 15.0 Å². The Labute approximate surface area is 291 Å². The van der Waals surface area contributed by atoms with Crippen molar-refractivity contribution in [1.29, 1.82) is 0 Å². The molecule has 0 N–H and O–H groups in total. The minimum atomic E-state index is 0.673. The lowest BCUT2D eigenvalue weighted by molar-refractivity contribution is 1.18. The molecule has 7 aromatic carbocycles. The third-order valence-electron chi connectivity index (χ3n) is 9.26. The fourth-order valence-corrected chi connectivity index (χ4v) is 6.82. The zero-order chi connectivity index (χ0) is 33.3. The van der Waals surface area contributed by atoms with Crippen molar-refractivity contribution in [3.8, 4) is 67.4 Å². The van der Waals surface area contributed by atoms with Gasteiger partial charge in [0.2, 0.25) is 0 Å². The summed E-state index contributed by atoms with van der Waals surface area (Å²) >= 11 is 0. The van der Waals surface area contributed by atoms with E-state index in [2.05, 4.69) is 158 Å². The second-order valence-corrected chi connectivity index (χ2v) is 12.4. The van der Waals surface area contributed by atoms with Crippen LogP contribution in [0.5, 0.6) is 0 Å². The lowest BCUT2D eigenvalue weighted by atomic mass is 9.91. The van der Waals surface area contributed by atoms with E-state index in [1.807, 2.05) is 30.3 Å². The zero-order valence-electron chi connectivity index (χ0n) is 27.2. The van der Waals surface area contributed by atoms with Gasteiger partial charge in [-0.2, -0.15) is 0 Å². The van der Waals surface area contributed by atoms with Gasteiger partial charge < -0.3 is 0 Å². The molecule has 3 heteroatoms. The van der Waals surface area contributed by atoms with Crippen LogP contribution in [0.3, 0.4) is 0 Å². The molecule has 50 heavy (non-hydrogen) atoms. The van der Waals surface area contributed by atoms with E-state index in [1.54, 1.807) is 0 Å². The van der Waals surface area contributed by atoms with Crippen molar-refractivity contribution >= 4 is 21.7 Å². The summed E-state index contributed by atoms with van der Waals surface area (Å²) in [5.74, 6) is 0.673. The van der Waals surface area contributed by atoms with Gasteiger partial charge in [0, 0.05) is 27.6 Å². The summed E-state index contributed by atoms with van der Waals surface area (Å²) in [5.41, 5.74) is 12.1. The topological polar surface area (TPSA) is 38.7 Å². The molecule has 0 bridgehead atoms. The summed E-state index contributed by atoms with van der Waals surface area (Å²) in [6.07, 6.45) is 0. The summed E-state index contributed by atoms with van der Waals surface area (Å²) in [6, 6.07) is 65.6.